The van der Waals surface area contributed by atoms with Crippen molar-refractivity contribution in [3.63, 3.8) is 0 Å². The second-order valence-electron chi connectivity index (χ2n) is 2.68. The Morgan fingerprint density at radius 2 is 2.15 bits per heavy atom. The molecule has 4 heteroatoms. The van der Waals surface area contributed by atoms with E-state index >= 15 is 0 Å². The average Bonchev–Trinajstić information content (AvgIpc) is 2.04. The predicted octanol–water partition coefficient (Wildman–Crippen LogP) is 1.28. The van der Waals surface area contributed by atoms with Gasteiger partial charge in [-0.05, 0) is 18.6 Å². The van der Waals surface area contributed by atoms with E-state index < -0.39 is 5.97 Å². The lowest BCUT2D eigenvalue weighted by atomic mass is 10.1. The fourth-order valence-corrected chi connectivity index (χ4v) is 1.17. The Labute approximate surface area is 75.9 Å². The summed E-state index contributed by atoms with van der Waals surface area (Å²) in [6.45, 7) is 1.81. The van der Waals surface area contributed by atoms with Crippen LogP contribution in [0.2, 0.25) is 0 Å². The molecule has 0 fully saturated rings. The van der Waals surface area contributed by atoms with E-state index in [1.165, 1.54) is 13.2 Å². The van der Waals surface area contributed by atoms with Gasteiger partial charge < -0.3 is 15.6 Å². The van der Waals surface area contributed by atoms with E-state index in [0.717, 1.165) is 5.56 Å². The van der Waals surface area contributed by atoms with E-state index in [1.807, 2.05) is 0 Å². The van der Waals surface area contributed by atoms with Crippen LogP contribution in [0, 0.1) is 6.92 Å². The molecule has 70 valence electrons. The molecule has 0 spiro atoms. The van der Waals surface area contributed by atoms with E-state index in [0.29, 0.717) is 5.75 Å². The lowest BCUT2D eigenvalue weighted by molar-refractivity contribution is 0.0697. The Kier molecular flexibility index (Phi) is 2.41. The number of carboxylic acids is 1. The minimum Gasteiger partial charge on any atom is -0.494 e. The Bertz CT molecular complexity index is 347. The number of hydrogen-bond donors (Lipinski definition) is 2. The topological polar surface area (TPSA) is 72.5 Å². The highest BCUT2D eigenvalue weighted by molar-refractivity contribution is 5.95. The highest BCUT2D eigenvalue weighted by atomic mass is 16.5. The third-order valence-corrected chi connectivity index (χ3v) is 1.83. The average molecular weight is 181 g/mol. The van der Waals surface area contributed by atoms with E-state index in [1.54, 1.807) is 13.0 Å². The SMILES string of the molecule is COc1c(C)ccc(C(=O)O)c1N. The molecular formula is C9H11NO3. The zero-order valence-corrected chi connectivity index (χ0v) is 7.50. The normalized spacial score (nSPS) is 9.69. The van der Waals surface area contributed by atoms with Crippen LogP contribution >= 0.6 is 0 Å². The van der Waals surface area contributed by atoms with Crippen molar-refractivity contribution in [1.82, 2.24) is 0 Å². The molecule has 0 heterocycles. The summed E-state index contributed by atoms with van der Waals surface area (Å²) < 4.78 is 4.98. The third kappa shape index (κ3) is 1.56. The van der Waals surface area contributed by atoms with Crippen molar-refractivity contribution in [2.75, 3.05) is 12.8 Å². The van der Waals surface area contributed by atoms with Crippen LogP contribution in [0.3, 0.4) is 0 Å². The second-order valence-corrected chi connectivity index (χ2v) is 2.68. The molecule has 1 aromatic carbocycles. The first-order valence-electron chi connectivity index (χ1n) is 3.74. The van der Waals surface area contributed by atoms with Crippen LogP contribution in [0.5, 0.6) is 5.75 Å². The summed E-state index contributed by atoms with van der Waals surface area (Å²) >= 11 is 0. The number of nitrogens with two attached hydrogens (primary N) is 1. The number of carbonyl (C=O) groups is 1. The van der Waals surface area contributed by atoms with Crippen LogP contribution in [0.15, 0.2) is 12.1 Å². The molecule has 0 atom stereocenters. The first-order chi connectivity index (χ1) is 6.07. The molecule has 0 bridgehead atoms. The van der Waals surface area contributed by atoms with Crippen LogP contribution in [0.25, 0.3) is 0 Å². The van der Waals surface area contributed by atoms with Crippen LogP contribution in [-0.4, -0.2) is 18.2 Å². The zero-order valence-electron chi connectivity index (χ0n) is 7.50. The molecule has 0 saturated heterocycles. The van der Waals surface area contributed by atoms with E-state index in [9.17, 15) is 4.79 Å². The fourth-order valence-electron chi connectivity index (χ4n) is 1.17. The molecule has 0 amide bonds. The lowest BCUT2D eigenvalue weighted by Crippen LogP contribution is -2.05. The Morgan fingerprint density at radius 1 is 1.54 bits per heavy atom. The first kappa shape index (κ1) is 9.38. The standard InChI is InChI=1S/C9H11NO3/c1-5-3-4-6(9(11)12)7(10)8(5)13-2/h3-4H,10H2,1-2H3,(H,11,12). The largest absolute Gasteiger partial charge is 0.494 e. The van der Waals surface area contributed by atoms with Gasteiger partial charge in [0, 0.05) is 0 Å². The number of nitrogen functional groups attached to an aromatic ring is 1. The summed E-state index contributed by atoms with van der Waals surface area (Å²) in [5.74, 6) is -0.615. The van der Waals surface area contributed by atoms with Gasteiger partial charge >= 0.3 is 5.97 Å². The molecule has 0 aliphatic carbocycles. The van der Waals surface area contributed by atoms with Crippen LogP contribution < -0.4 is 10.5 Å². The van der Waals surface area contributed by atoms with E-state index in [2.05, 4.69) is 0 Å². The Hall–Kier alpha value is -1.71. The number of benzene rings is 1. The highest BCUT2D eigenvalue weighted by Crippen LogP contribution is 2.28. The molecule has 0 radical (unpaired) electrons. The quantitative estimate of drug-likeness (QED) is 0.674. The summed E-state index contributed by atoms with van der Waals surface area (Å²) in [6, 6.07) is 3.13. The zero-order chi connectivity index (χ0) is 10.0. The van der Waals surface area contributed by atoms with Crippen LogP contribution in [-0.2, 0) is 0 Å². The number of rotatable bonds is 2. The molecule has 13 heavy (non-hydrogen) atoms. The van der Waals surface area contributed by atoms with Gasteiger partial charge in [0.15, 0.2) is 0 Å². The molecule has 0 saturated carbocycles. The summed E-state index contributed by atoms with van der Waals surface area (Å²) in [4.78, 5) is 10.7. The molecule has 4 nitrogen and oxygen atoms in total. The maximum Gasteiger partial charge on any atom is 0.337 e. The maximum atomic E-state index is 10.7. The van der Waals surface area contributed by atoms with Crippen molar-refractivity contribution >= 4 is 11.7 Å². The van der Waals surface area contributed by atoms with Crippen molar-refractivity contribution in [2.45, 2.75) is 6.92 Å². The Balaban J connectivity index is 3.35. The number of anilines is 1. The monoisotopic (exact) mass is 181 g/mol. The third-order valence-electron chi connectivity index (χ3n) is 1.83. The molecule has 0 aliphatic heterocycles. The Morgan fingerprint density at radius 3 is 2.62 bits per heavy atom. The van der Waals surface area contributed by atoms with Gasteiger partial charge in [-0.2, -0.15) is 0 Å². The minimum atomic E-state index is -1.05. The summed E-state index contributed by atoms with van der Waals surface area (Å²) in [5, 5.41) is 8.74. The maximum absolute atomic E-state index is 10.7. The number of aryl methyl sites for hydroxylation is 1. The number of methoxy groups -OCH3 is 1. The molecule has 1 rings (SSSR count). The van der Waals surface area contributed by atoms with Gasteiger partial charge in [0.1, 0.15) is 5.75 Å². The lowest BCUT2D eigenvalue weighted by Gasteiger charge is -2.09. The van der Waals surface area contributed by atoms with Gasteiger partial charge in [0.2, 0.25) is 0 Å². The summed E-state index contributed by atoms with van der Waals surface area (Å²) in [6.07, 6.45) is 0. The van der Waals surface area contributed by atoms with Crippen molar-refractivity contribution in [1.29, 1.82) is 0 Å². The number of carboxylic acid groups (broad SMARTS) is 1. The second kappa shape index (κ2) is 3.35. The van der Waals surface area contributed by atoms with E-state index in [-0.39, 0.29) is 11.3 Å². The number of aromatic carboxylic acids is 1. The predicted molar refractivity (Wildman–Crippen MR) is 49.1 cm³/mol. The molecule has 3 N–H and O–H groups in total. The van der Waals surface area contributed by atoms with Gasteiger partial charge in [-0.15, -0.1) is 0 Å². The summed E-state index contributed by atoms with van der Waals surface area (Å²) in [5.41, 5.74) is 6.66. The van der Waals surface area contributed by atoms with Crippen LogP contribution in [0.1, 0.15) is 15.9 Å². The van der Waals surface area contributed by atoms with Crippen molar-refractivity contribution in [2.24, 2.45) is 0 Å². The fraction of sp³-hybridized carbons (Fsp3) is 0.222. The first-order valence-corrected chi connectivity index (χ1v) is 3.74. The smallest absolute Gasteiger partial charge is 0.337 e. The van der Waals surface area contributed by atoms with Crippen LogP contribution in [0.4, 0.5) is 5.69 Å². The molecule has 0 unspecified atom stereocenters. The molecular weight excluding hydrogens is 170 g/mol. The highest BCUT2D eigenvalue weighted by Gasteiger charge is 2.13. The van der Waals surface area contributed by atoms with Gasteiger partial charge in [-0.3, -0.25) is 0 Å². The van der Waals surface area contributed by atoms with E-state index in [4.69, 9.17) is 15.6 Å². The minimum absolute atomic E-state index is 0.0717. The van der Waals surface area contributed by atoms with Gasteiger partial charge in [0.25, 0.3) is 0 Å². The van der Waals surface area contributed by atoms with Gasteiger partial charge in [-0.1, -0.05) is 6.07 Å². The molecule has 0 aromatic heterocycles. The summed E-state index contributed by atoms with van der Waals surface area (Å²) in [7, 11) is 1.46. The number of hydrogen-bond acceptors (Lipinski definition) is 3. The van der Waals surface area contributed by atoms with Gasteiger partial charge in [-0.25, -0.2) is 4.79 Å². The molecule has 0 aliphatic rings. The number of ether oxygens (including phenoxy) is 1. The van der Waals surface area contributed by atoms with Crippen molar-refractivity contribution in [3.05, 3.63) is 23.3 Å². The molecule has 1 aromatic rings. The van der Waals surface area contributed by atoms with Crippen molar-refractivity contribution < 1.29 is 14.6 Å². The van der Waals surface area contributed by atoms with Crippen molar-refractivity contribution in [3.8, 4) is 5.75 Å². The van der Waals surface area contributed by atoms with Gasteiger partial charge in [0.05, 0.1) is 18.4 Å².